The van der Waals surface area contributed by atoms with Gasteiger partial charge in [-0.3, -0.25) is 4.57 Å². The third-order valence-electron chi connectivity index (χ3n) is 3.50. The van der Waals surface area contributed by atoms with Crippen molar-refractivity contribution in [2.75, 3.05) is 26.8 Å². The van der Waals surface area contributed by atoms with Crippen molar-refractivity contribution in [1.29, 1.82) is 0 Å². The van der Waals surface area contributed by atoms with Crippen molar-refractivity contribution < 1.29 is 13.6 Å². The molecular weight excluding hydrogens is 273 g/mol. The van der Waals surface area contributed by atoms with Crippen LogP contribution in [0.5, 0.6) is 0 Å². The molecule has 5 heteroatoms. The van der Waals surface area contributed by atoms with Crippen LogP contribution in [0.3, 0.4) is 0 Å². The molecule has 0 aliphatic carbocycles. The first-order valence-corrected chi connectivity index (χ1v) is 8.96. The van der Waals surface area contributed by atoms with Crippen LogP contribution in [0.1, 0.15) is 30.5 Å². The quantitative estimate of drug-likeness (QED) is 0.754. The largest absolute Gasteiger partial charge is 0.335 e. The number of benzene rings is 1. The van der Waals surface area contributed by atoms with Gasteiger partial charge in [0.2, 0.25) is 0 Å². The van der Waals surface area contributed by atoms with E-state index in [0.29, 0.717) is 19.4 Å². The Hall–Kier alpha value is -0.670. The first-order valence-electron chi connectivity index (χ1n) is 7.23. The Morgan fingerprint density at radius 3 is 2.55 bits per heavy atom. The third-order valence-corrected chi connectivity index (χ3v) is 5.56. The lowest BCUT2D eigenvalue weighted by molar-refractivity contribution is 0.219. The highest BCUT2D eigenvalue weighted by Gasteiger charge is 2.24. The standard InChI is InChI=1S/C15H24NO3P/c1-4-18-20(17,19-5-2)12-13-6-7-15-11-16(3)9-8-14(15)10-13/h6-7,10H,4-5,8-9,11-12H2,1-3H3. The number of hydrogen-bond donors (Lipinski definition) is 0. The molecule has 0 saturated carbocycles. The SMILES string of the molecule is CCOP(=O)(Cc1ccc2c(c1)CCN(C)C2)OCC. The van der Waals surface area contributed by atoms with Gasteiger partial charge in [0, 0.05) is 13.1 Å². The summed E-state index contributed by atoms with van der Waals surface area (Å²) in [5.74, 6) is 0. The number of rotatable bonds is 6. The van der Waals surface area contributed by atoms with Gasteiger partial charge < -0.3 is 13.9 Å². The molecule has 1 aromatic carbocycles. The van der Waals surface area contributed by atoms with Crippen LogP contribution >= 0.6 is 7.60 Å². The van der Waals surface area contributed by atoms with E-state index in [1.54, 1.807) is 0 Å². The summed E-state index contributed by atoms with van der Waals surface area (Å²) in [6.45, 7) is 6.57. The van der Waals surface area contributed by atoms with Gasteiger partial charge in [0.05, 0.1) is 19.4 Å². The monoisotopic (exact) mass is 297 g/mol. The van der Waals surface area contributed by atoms with Crippen LogP contribution in [-0.2, 0) is 32.7 Å². The van der Waals surface area contributed by atoms with E-state index < -0.39 is 7.60 Å². The first kappa shape index (κ1) is 15.7. The molecule has 20 heavy (non-hydrogen) atoms. The molecular formula is C15H24NO3P. The van der Waals surface area contributed by atoms with Crippen LogP contribution in [0, 0.1) is 0 Å². The number of likely N-dealkylation sites (N-methyl/N-ethyl adjacent to an activating group) is 1. The molecule has 0 saturated heterocycles. The minimum atomic E-state index is -3.00. The number of hydrogen-bond acceptors (Lipinski definition) is 4. The second-order valence-corrected chi connectivity index (χ2v) is 7.25. The average Bonchev–Trinajstić information content (AvgIpc) is 2.39. The topological polar surface area (TPSA) is 38.8 Å². The van der Waals surface area contributed by atoms with Crippen molar-refractivity contribution in [3.63, 3.8) is 0 Å². The zero-order valence-corrected chi connectivity index (χ0v) is 13.5. The summed E-state index contributed by atoms with van der Waals surface area (Å²) in [6, 6.07) is 6.35. The van der Waals surface area contributed by atoms with Gasteiger partial charge in [0.15, 0.2) is 0 Å². The molecule has 4 nitrogen and oxygen atoms in total. The summed E-state index contributed by atoms with van der Waals surface area (Å²) in [5.41, 5.74) is 3.77. The minimum absolute atomic E-state index is 0.359. The molecule has 1 aliphatic rings. The summed E-state index contributed by atoms with van der Waals surface area (Å²) in [7, 11) is -0.866. The predicted molar refractivity (Wildman–Crippen MR) is 81.0 cm³/mol. The van der Waals surface area contributed by atoms with Gasteiger partial charge in [0.1, 0.15) is 0 Å². The molecule has 1 aliphatic heterocycles. The lowest BCUT2D eigenvalue weighted by Crippen LogP contribution is -2.26. The Kier molecular flexibility index (Phi) is 5.39. The maximum atomic E-state index is 12.6. The fourth-order valence-electron chi connectivity index (χ4n) is 2.59. The van der Waals surface area contributed by atoms with Crippen LogP contribution in [0.2, 0.25) is 0 Å². The van der Waals surface area contributed by atoms with Crippen LogP contribution in [0.4, 0.5) is 0 Å². The highest BCUT2D eigenvalue weighted by atomic mass is 31.2. The van der Waals surface area contributed by atoms with Gasteiger partial charge in [-0.1, -0.05) is 18.2 Å². The van der Waals surface area contributed by atoms with Crippen LogP contribution in [0.25, 0.3) is 0 Å². The van der Waals surface area contributed by atoms with Crippen molar-refractivity contribution in [2.45, 2.75) is 33.0 Å². The van der Waals surface area contributed by atoms with Crippen LogP contribution in [0.15, 0.2) is 18.2 Å². The Balaban J connectivity index is 2.15. The molecule has 2 rings (SSSR count). The van der Waals surface area contributed by atoms with E-state index >= 15 is 0 Å². The van der Waals surface area contributed by atoms with Gasteiger partial charge in [-0.2, -0.15) is 0 Å². The molecule has 0 radical (unpaired) electrons. The summed E-state index contributed by atoms with van der Waals surface area (Å²) in [4.78, 5) is 2.31. The van der Waals surface area contributed by atoms with Crippen molar-refractivity contribution in [3.8, 4) is 0 Å². The molecule has 0 amide bonds. The molecule has 0 bridgehead atoms. The van der Waals surface area contributed by atoms with Crippen LogP contribution in [-0.4, -0.2) is 31.7 Å². The average molecular weight is 297 g/mol. The van der Waals surface area contributed by atoms with Gasteiger partial charge in [0.25, 0.3) is 0 Å². The number of fused-ring (bicyclic) bond motifs is 1. The fourth-order valence-corrected chi connectivity index (χ4v) is 4.28. The third kappa shape index (κ3) is 3.92. The summed E-state index contributed by atoms with van der Waals surface area (Å²) >= 11 is 0. The normalized spacial score (nSPS) is 16.1. The van der Waals surface area contributed by atoms with E-state index in [1.165, 1.54) is 11.1 Å². The molecule has 1 heterocycles. The number of nitrogens with zero attached hydrogens (tertiary/aromatic N) is 1. The summed E-state index contributed by atoms with van der Waals surface area (Å²) in [5, 5.41) is 0. The van der Waals surface area contributed by atoms with Gasteiger partial charge in [-0.05, 0) is 44.0 Å². The van der Waals surface area contributed by atoms with Gasteiger partial charge >= 0.3 is 7.60 Å². The predicted octanol–water partition coefficient (Wildman–Crippen LogP) is 3.44. The Morgan fingerprint density at radius 2 is 1.90 bits per heavy atom. The molecule has 0 aromatic heterocycles. The zero-order chi connectivity index (χ0) is 14.6. The highest BCUT2D eigenvalue weighted by molar-refractivity contribution is 7.53. The second kappa shape index (κ2) is 6.86. The lowest BCUT2D eigenvalue weighted by Gasteiger charge is -2.25. The molecule has 0 spiro atoms. The van der Waals surface area contributed by atoms with E-state index in [0.717, 1.165) is 25.1 Å². The van der Waals surface area contributed by atoms with E-state index in [9.17, 15) is 4.57 Å². The van der Waals surface area contributed by atoms with Crippen molar-refractivity contribution in [3.05, 3.63) is 34.9 Å². The molecule has 0 atom stereocenters. The Morgan fingerprint density at radius 1 is 1.20 bits per heavy atom. The fraction of sp³-hybridized carbons (Fsp3) is 0.600. The Bertz CT molecular complexity index is 494. The lowest BCUT2D eigenvalue weighted by atomic mass is 9.98. The summed E-state index contributed by atoms with van der Waals surface area (Å²) in [6.07, 6.45) is 1.41. The summed E-state index contributed by atoms with van der Waals surface area (Å²) < 4.78 is 23.3. The smallest absolute Gasteiger partial charge is 0.309 e. The van der Waals surface area contributed by atoms with Crippen molar-refractivity contribution >= 4 is 7.60 Å². The first-order chi connectivity index (χ1) is 9.56. The Labute approximate surface area is 121 Å². The van der Waals surface area contributed by atoms with Crippen molar-refractivity contribution in [1.82, 2.24) is 4.90 Å². The van der Waals surface area contributed by atoms with Gasteiger partial charge in [-0.25, -0.2) is 0 Å². The maximum Gasteiger partial charge on any atom is 0.335 e. The van der Waals surface area contributed by atoms with Crippen LogP contribution < -0.4 is 0 Å². The second-order valence-electron chi connectivity index (χ2n) is 5.20. The molecule has 0 fully saturated rings. The molecule has 112 valence electrons. The van der Waals surface area contributed by atoms with Crippen molar-refractivity contribution in [2.24, 2.45) is 0 Å². The van der Waals surface area contributed by atoms with Gasteiger partial charge in [-0.15, -0.1) is 0 Å². The van der Waals surface area contributed by atoms with E-state index in [1.807, 2.05) is 19.9 Å². The van der Waals surface area contributed by atoms with E-state index in [-0.39, 0.29) is 0 Å². The molecule has 0 N–H and O–H groups in total. The van der Waals surface area contributed by atoms with E-state index in [2.05, 4.69) is 24.1 Å². The maximum absolute atomic E-state index is 12.6. The van der Waals surface area contributed by atoms with E-state index in [4.69, 9.17) is 9.05 Å². The minimum Gasteiger partial charge on any atom is -0.309 e. The molecule has 0 unspecified atom stereocenters. The highest BCUT2D eigenvalue weighted by Crippen LogP contribution is 2.51. The zero-order valence-electron chi connectivity index (χ0n) is 12.6. The molecule has 1 aromatic rings.